The Balaban J connectivity index is 1.80. The van der Waals surface area contributed by atoms with Crippen LogP contribution in [0.1, 0.15) is 33.1 Å². The van der Waals surface area contributed by atoms with Crippen LogP contribution in [-0.4, -0.2) is 78.5 Å². The number of carbonyl (C=O) groups is 1. The Morgan fingerprint density at radius 3 is 2.25 bits per heavy atom. The lowest BCUT2D eigenvalue weighted by atomic mass is 10.1. The third kappa shape index (κ3) is 3.93. The third-order valence-corrected chi connectivity index (χ3v) is 4.73. The molecule has 1 unspecified atom stereocenters. The number of nitrogens with zero attached hydrogens (tertiary/aromatic N) is 3. The van der Waals surface area contributed by atoms with Gasteiger partial charge < -0.3 is 10.6 Å². The highest BCUT2D eigenvalue weighted by molar-refractivity contribution is 5.76. The van der Waals surface area contributed by atoms with E-state index in [1.807, 2.05) is 18.7 Å². The van der Waals surface area contributed by atoms with E-state index in [1.54, 1.807) is 0 Å². The summed E-state index contributed by atoms with van der Waals surface area (Å²) in [6.45, 7) is 10.6. The average molecular weight is 282 g/mol. The van der Waals surface area contributed by atoms with Crippen molar-refractivity contribution in [2.24, 2.45) is 5.73 Å². The first-order valence-corrected chi connectivity index (χ1v) is 8.15. The highest BCUT2D eigenvalue weighted by Crippen LogP contribution is 2.27. The van der Waals surface area contributed by atoms with Gasteiger partial charge in [0.2, 0.25) is 5.91 Å². The molecular weight excluding hydrogens is 252 g/mol. The van der Waals surface area contributed by atoms with E-state index >= 15 is 0 Å². The number of piperazine rings is 1. The zero-order valence-corrected chi connectivity index (χ0v) is 13.1. The van der Waals surface area contributed by atoms with E-state index in [2.05, 4.69) is 9.80 Å². The van der Waals surface area contributed by atoms with Gasteiger partial charge >= 0.3 is 0 Å². The number of amides is 1. The number of nitrogens with two attached hydrogens (primary N) is 1. The van der Waals surface area contributed by atoms with Crippen molar-refractivity contribution >= 4 is 5.91 Å². The van der Waals surface area contributed by atoms with Gasteiger partial charge in [-0.15, -0.1) is 0 Å². The molecule has 0 aromatic heterocycles. The molecule has 5 nitrogen and oxygen atoms in total. The predicted octanol–water partition coefficient (Wildman–Crippen LogP) is 0.352. The van der Waals surface area contributed by atoms with Gasteiger partial charge in [0, 0.05) is 64.3 Å². The number of hydrogen-bond donors (Lipinski definition) is 1. The van der Waals surface area contributed by atoms with Crippen molar-refractivity contribution in [2.45, 2.75) is 45.2 Å². The first kappa shape index (κ1) is 15.7. The maximum atomic E-state index is 12.2. The standard InChI is InChI=1S/C15H30N4O/c1-3-17(4-2)15(20)11-14(12-16)19-9-7-18(8-10-19)13-5-6-13/h13-14H,3-12,16H2,1-2H3. The van der Waals surface area contributed by atoms with Crippen molar-refractivity contribution in [2.75, 3.05) is 45.8 Å². The quantitative estimate of drug-likeness (QED) is 0.732. The van der Waals surface area contributed by atoms with Crippen molar-refractivity contribution in [1.82, 2.24) is 14.7 Å². The monoisotopic (exact) mass is 282 g/mol. The molecule has 0 aromatic rings. The Bertz CT molecular complexity index is 307. The topological polar surface area (TPSA) is 52.8 Å². The molecule has 0 aromatic carbocycles. The molecule has 1 saturated heterocycles. The van der Waals surface area contributed by atoms with E-state index in [0.29, 0.717) is 13.0 Å². The van der Waals surface area contributed by atoms with E-state index in [0.717, 1.165) is 45.3 Å². The minimum atomic E-state index is 0.212. The van der Waals surface area contributed by atoms with Crippen molar-refractivity contribution in [3.8, 4) is 0 Å². The van der Waals surface area contributed by atoms with Gasteiger partial charge in [-0.25, -0.2) is 0 Å². The Labute approximate surface area is 123 Å². The molecule has 0 spiro atoms. The highest BCUT2D eigenvalue weighted by Gasteiger charge is 2.33. The largest absolute Gasteiger partial charge is 0.343 e. The van der Waals surface area contributed by atoms with Crippen molar-refractivity contribution in [3.63, 3.8) is 0 Å². The van der Waals surface area contributed by atoms with Crippen LogP contribution < -0.4 is 5.73 Å². The zero-order chi connectivity index (χ0) is 14.5. The number of rotatable bonds is 7. The van der Waals surface area contributed by atoms with Crippen LogP contribution in [0.4, 0.5) is 0 Å². The molecule has 1 amide bonds. The second-order valence-corrected chi connectivity index (χ2v) is 5.96. The molecule has 116 valence electrons. The average Bonchev–Trinajstić information content (AvgIpc) is 3.31. The lowest BCUT2D eigenvalue weighted by Crippen LogP contribution is -2.54. The maximum absolute atomic E-state index is 12.2. The molecular formula is C15H30N4O. The molecule has 1 heterocycles. The van der Waals surface area contributed by atoms with E-state index < -0.39 is 0 Å². The van der Waals surface area contributed by atoms with Crippen LogP contribution in [0.2, 0.25) is 0 Å². The van der Waals surface area contributed by atoms with Crippen LogP contribution in [0, 0.1) is 0 Å². The highest BCUT2D eigenvalue weighted by atomic mass is 16.2. The van der Waals surface area contributed by atoms with Crippen LogP contribution in [0.3, 0.4) is 0 Å². The van der Waals surface area contributed by atoms with E-state index in [9.17, 15) is 4.79 Å². The fraction of sp³-hybridized carbons (Fsp3) is 0.933. The molecule has 2 rings (SSSR count). The van der Waals surface area contributed by atoms with Gasteiger partial charge in [-0.05, 0) is 26.7 Å². The molecule has 2 N–H and O–H groups in total. The normalized spacial score (nSPS) is 22.8. The van der Waals surface area contributed by atoms with E-state index in [1.165, 1.54) is 12.8 Å². The Morgan fingerprint density at radius 1 is 1.20 bits per heavy atom. The van der Waals surface area contributed by atoms with Gasteiger partial charge in [-0.1, -0.05) is 0 Å². The summed E-state index contributed by atoms with van der Waals surface area (Å²) < 4.78 is 0. The molecule has 0 bridgehead atoms. The Hall–Kier alpha value is -0.650. The van der Waals surface area contributed by atoms with Gasteiger partial charge in [0.25, 0.3) is 0 Å². The molecule has 1 saturated carbocycles. The summed E-state index contributed by atoms with van der Waals surface area (Å²) in [6.07, 6.45) is 3.32. The molecule has 0 radical (unpaired) electrons. The molecule has 1 aliphatic heterocycles. The molecule has 2 fully saturated rings. The number of carbonyl (C=O) groups excluding carboxylic acids is 1. The summed E-state index contributed by atoms with van der Waals surface area (Å²) in [5.74, 6) is 0.245. The van der Waals surface area contributed by atoms with Gasteiger partial charge in [-0.3, -0.25) is 14.6 Å². The minimum Gasteiger partial charge on any atom is -0.343 e. The van der Waals surface area contributed by atoms with Crippen LogP contribution in [-0.2, 0) is 4.79 Å². The SMILES string of the molecule is CCN(CC)C(=O)CC(CN)N1CCN(C2CC2)CC1. The van der Waals surface area contributed by atoms with Gasteiger partial charge in [0.15, 0.2) is 0 Å². The predicted molar refractivity (Wildman–Crippen MR) is 81.6 cm³/mol. The van der Waals surface area contributed by atoms with Gasteiger partial charge in [0.1, 0.15) is 0 Å². The zero-order valence-electron chi connectivity index (χ0n) is 13.1. The summed E-state index contributed by atoms with van der Waals surface area (Å²) in [5.41, 5.74) is 5.92. The first-order valence-electron chi connectivity index (χ1n) is 8.15. The molecule has 2 aliphatic rings. The molecule has 20 heavy (non-hydrogen) atoms. The minimum absolute atomic E-state index is 0.212. The third-order valence-electron chi connectivity index (χ3n) is 4.73. The van der Waals surface area contributed by atoms with Crippen LogP contribution in [0.15, 0.2) is 0 Å². The van der Waals surface area contributed by atoms with Crippen LogP contribution in [0.5, 0.6) is 0 Å². The van der Waals surface area contributed by atoms with Gasteiger partial charge in [-0.2, -0.15) is 0 Å². The van der Waals surface area contributed by atoms with Crippen LogP contribution in [0.25, 0.3) is 0 Å². The van der Waals surface area contributed by atoms with Crippen LogP contribution >= 0.6 is 0 Å². The van der Waals surface area contributed by atoms with Crippen molar-refractivity contribution < 1.29 is 4.79 Å². The second-order valence-electron chi connectivity index (χ2n) is 5.96. The fourth-order valence-corrected chi connectivity index (χ4v) is 3.18. The molecule has 1 aliphatic carbocycles. The van der Waals surface area contributed by atoms with E-state index in [4.69, 9.17) is 5.73 Å². The van der Waals surface area contributed by atoms with Crippen molar-refractivity contribution in [3.05, 3.63) is 0 Å². The number of hydrogen-bond acceptors (Lipinski definition) is 4. The smallest absolute Gasteiger partial charge is 0.224 e. The van der Waals surface area contributed by atoms with Gasteiger partial charge in [0.05, 0.1) is 0 Å². The Kier molecular flexibility index (Phi) is 5.81. The summed E-state index contributed by atoms with van der Waals surface area (Å²) in [5, 5.41) is 0. The van der Waals surface area contributed by atoms with Crippen molar-refractivity contribution in [1.29, 1.82) is 0 Å². The lowest BCUT2D eigenvalue weighted by molar-refractivity contribution is -0.132. The second kappa shape index (κ2) is 7.38. The summed E-state index contributed by atoms with van der Waals surface area (Å²) in [6, 6.07) is 1.07. The fourth-order valence-electron chi connectivity index (χ4n) is 3.18. The molecule has 5 heteroatoms. The lowest BCUT2D eigenvalue weighted by Gasteiger charge is -2.39. The summed E-state index contributed by atoms with van der Waals surface area (Å²) >= 11 is 0. The first-order chi connectivity index (χ1) is 9.69. The molecule has 1 atom stereocenters. The summed E-state index contributed by atoms with van der Waals surface area (Å²) in [4.78, 5) is 19.1. The van der Waals surface area contributed by atoms with E-state index in [-0.39, 0.29) is 11.9 Å². The maximum Gasteiger partial charge on any atom is 0.224 e. The summed E-state index contributed by atoms with van der Waals surface area (Å²) in [7, 11) is 0. The Morgan fingerprint density at radius 2 is 1.80 bits per heavy atom.